The number of carbonyl (C=O) groups excluding carboxylic acids is 2. The van der Waals surface area contributed by atoms with E-state index in [9.17, 15) is 14.4 Å². The van der Waals surface area contributed by atoms with Crippen LogP contribution < -0.4 is 10.6 Å². The van der Waals surface area contributed by atoms with Crippen LogP contribution in [-0.4, -0.2) is 42.8 Å². The van der Waals surface area contributed by atoms with Crippen molar-refractivity contribution in [2.45, 2.75) is 39.5 Å². The zero-order chi connectivity index (χ0) is 24.7. The van der Waals surface area contributed by atoms with Crippen LogP contribution in [0.4, 0.5) is 4.79 Å². The van der Waals surface area contributed by atoms with Crippen molar-refractivity contribution in [3.05, 3.63) is 59.7 Å². The molecule has 1 aliphatic carbocycles. The van der Waals surface area contributed by atoms with E-state index in [1.165, 1.54) is 0 Å². The van der Waals surface area contributed by atoms with Gasteiger partial charge >= 0.3 is 12.1 Å². The number of ether oxygens (including phenoxy) is 1. The lowest BCUT2D eigenvalue weighted by molar-refractivity contribution is -0.141. The van der Waals surface area contributed by atoms with Crippen LogP contribution in [0.25, 0.3) is 11.1 Å². The summed E-state index contributed by atoms with van der Waals surface area (Å²) in [6.07, 6.45) is 0.405. The van der Waals surface area contributed by atoms with Gasteiger partial charge in [-0.2, -0.15) is 0 Å². The normalized spacial score (nSPS) is 14.1. The monoisotopic (exact) mass is 466 g/mol. The predicted molar refractivity (Wildman–Crippen MR) is 130 cm³/mol. The number of rotatable bonds is 11. The summed E-state index contributed by atoms with van der Waals surface area (Å²) in [5.74, 6) is -1.78. The first kappa shape index (κ1) is 25.3. The summed E-state index contributed by atoms with van der Waals surface area (Å²) in [6, 6.07) is 16.3. The van der Waals surface area contributed by atoms with Gasteiger partial charge in [0.2, 0.25) is 5.91 Å². The van der Waals surface area contributed by atoms with Crippen molar-refractivity contribution >= 4 is 18.0 Å². The minimum absolute atomic E-state index is 0.0239. The van der Waals surface area contributed by atoms with Gasteiger partial charge in [0.1, 0.15) is 6.61 Å². The molecule has 7 nitrogen and oxygen atoms in total. The minimum Gasteiger partial charge on any atom is -0.481 e. The fraction of sp³-hybridized carbons (Fsp3) is 0.444. The Morgan fingerprint density at radius 1 is 0.941 bits per heavy atom. The number of nitrogens with one attached hydrogen (secondary N) is 2. The molecule has 3 rings (SSSR count). The molecule has 2 aromatic rings. The van der Waals surface area contributed by atoms with Gasteiger partial charge in [-0.25, -0.2) is 4.79 Å². The number of amides is 2. The molecule has 1 aliphatic rings. The van der Waals surface area contributed by atoms with E-state index in [2.05, 4.69) is 34.9 Å². The third-order valence-corrected chi connectivity index (χ3v) is 6.26. The van der Waals surface area contributed by atoms with E-state index >= 15 is 0 Å². The largest absolute Gasteiger partial charge is 0.481 e. The third kappa shape index (κ3) is 6.37. The number of hydrogen-bond acceptors (Lipinski definition) is 4. The highest BCUT2D eigenvalue weighted by atomic mass is 16.5. The Morgan fingerprint density at radius 2 is 1.53 bits per heavy atom. The third-order valence-electron chi connectivity index (χ3n) is 6.26. The van der Waals surface area contributed by atoms with Crippen molar-refractivity contribution in [2.24, 2.45) is 17.8 Å². The molecule has 2 amide bonds. The van der Waals surface area contributed by atoms with Crippen LogP contribution in [0.15, 0.2) is 48.5 Å². The fourth-order valence-electron chi connectivity index (χ4n) is 4.39. The summed E-state index contributed by atoms with van der Waals surface area (Å²) < 4.78 is 5.57. The molecule has 0 aliphatic heterocycles. The zero-order valence-corrected chi connectivity index (χ0v) is 20.0. The highest BCUT2D eigenvalue weighted by Crippen LogP contribution is 2.44. The summed E-state index contributed by atoms with van der Waals surface area (Å²) in [5.41, 5.74) is 4.62. The van der Waals surface area contributed by atoms with Gasteiger partial charge in [0, 0.05) is 19.0 Å². The Kier molecular flexibility index (Phi) is 8.68. The van der Waals surface area contributed by atoms with Crippen molar-refractivity contribution < 1.29 is 24.2 Å². The van der Waals surface area contributed by atoms with Crippen LogP contribution in [0.2, 0.25) is 0 Å². The lowest BCUT2D eigenvalue weighted by atomic mass is 9.96. The number of aliphatic carboxylic acids is 1. The van der Waals surface area contributed by atoms with Crippen molar-refractivity contribution in [3.8, 4) is 11.1 Å². The molecule has 0 bridgehead atoms. The second kappa shape index (κ2) is 11.7. The lowest BCUT2D eigenvalue weighted by Gasteiger charge is -2.20. The molecule has 0 fully saturated rings. The second-order valence-corrected chi connectivity index (χ2v) is 9.35. The number of carbonyl (C=O) groups is 3. The molecule has 7 heteroatoms. The number of benzene rings is 2. The molecule has 0 radical (unpaired) electrons. The first-order chi connectivity index (χ1) is 16.3. The molecular weight excluding hydrogens is 432 g/mol. The van der Waals surface area contributed by atoms with Crippen LogP contribution in [0.3, 0.4) is 0 Å². The SMILES string of the molecule is CC(C)CC(CNC(=O)OCC1c2ccccc2-c2ccccc21)C(=O)NCCC(C)C(=O)O. The van der Waals surface area contributed by atoms with E-state index in [4.69, 9.17) is 9.84 Å². The van der Waals surface area contributed by atoms with Gasteiger partial charge in [0.05, 0.1) is 11.8 Å². The van der Waals surface area contributed by atoms with Gasteiger partial charge in [-0.15, -0.1) is 0 Å². The number of carboxylic acids is 1. The topological polar surface area (TPSA) is 105 Å². The fourth-order valence-corrected chi connectivity index (χ4v) is 4.39. The van der Waals surface area contributed by atoms with Crippen LogP contribution in [0, 0.1) is 17.8 Å². The van der Waals surface area contributed by atoms with Crippen molar-refractivity contribution in [1.29, 1.82) is 0 Å². The van der Waals surface area contributed by atoms with Crippen molar-refractivity contribution in [2.75, 3.05) is 19.7 Å². The standard InChI is InChI=1S/C27H34N2O5/c1-17(2)14-19(25(30)28-13-12-18(3)26(31)32)15-29-27(33)34-16-24-22-10-6-4-8-20(22)21-9-5-7-11-23(21)24/h4-11,17-19,24H,12-16H2,1-3H3,(H,28,30)(H,29,33)(H,31,32). The van der Waals surface area contributed by atoms with Crippen molar-refractivity contribution in [1.82, 2.24) is 10.6 Å². The summed E-state index contributed by atoms with van der Waals surface area (Å²) >= 11 is 0. The van der Waals surface area contributed by atoms with Gasteiger partial charge in [-0.05, 0) is 41.0 Å². The second-order valence-electron chi connectivity index (χ2n) is 9.35. The highest BCUT2D eigenvalue weighted by molar-refractivity contribution is 5.80. The molecule has 2 aromatic carbocycles. The summed E-state index contributed by atoms with van der Waals surface area (Å²) in [6.45, 7) is 6.30. The van der Waals surface area contributed by atoms with E-state index in [1.807, 2.05) is 38.1 Å². The number of fused-ring (bicyclic) bond motifs is 3. The molecule has 3 N–H and O–H groups in total. The van der Waals surface area contributed by atoms with E-state index in [-0.39, 0.29) is 37.4 Å². The number of hydrogen-bond donors (Lipinski definition) is 3. The Hall–Kier alpha value is -3.35. The average molecular weight is 467 g/mol. The van der Waals surface area contributed by atoms with Gasteiger partial charge in [-0.3, -0.25) is 9.59 Å². The van der Waals surface area contributed by atoms with E-state index in [0.29, 0.717) is 12.8 Å². The van der Waals surface area contributed by atoms with Gasteiger partial charge in [-0.1, -0.05) is 69.3 Å². The molecule has 34 heavy (non-hydrogen) atoms. The van der Waals surface area contributed by atoms with Crippen LogP contribution in [-0.2, 0) is 14.3 Å². The molecule has 0 spiro atoms. The predicted octanol–water partition coefficient (Wildman–Crippen LogP) is 4.41. The zero-order valence-electron chi connectivity index (χ0n) is 20.0. The van der Waals surface area contributed by atoms with Crippen LogP contribution >= 0.6 is 0 Å². The van der Waals surface area contributed by atoms with E-state index in [0.717, 1.165) is 22.3 Å². The Balaban J connectivity index is 1.53. The molecule has 0 aromatic heterocycles. The van der Waals surface area contributed by atoms with Gasteiger partial charge in [0.15, 0.2) is 0 Å². The Morgan fingerprint density at radius 3 is 2.09 bits per heavy atom. The molecule has 0 saturated carbocycles. The minimum atomic E-state index is -0.884. The van der Waals surface area contributed by atoms with Crippen LogP contribution in [0.1, 0.15) is 50.7 Å². The van der Waals surface area contributed by atoms with Crippen molar-refractivity contribution in [3.63, 3.8) is 0 Å². The smallest absolute Gasteiger partial charge is 0.407 e. The quantitative estimate of drug-likeness (QED) is 0.455. The number of carboxylic acid groups (broad SMARTS) is 1. The van der Waals surface area contributed by atoms with E-state index in [1.54, 1.807) is 6.92 Å². The lowest BCUT2D eigenvalue weighted by Crippen LogP contribution is -2.40. The molecule has 2 unspecified atom stereocenters. The molecule has 0 saturated heterocycles. The molecular formula is C27H34N2O5. The van der Waals surface area contributed by atoms with Gasteiger partial charge in [0.25, 0.3) is 0 Å². The maximum atomic E-state index is 12.6. The Bertz CT molecular complexity index is 974. The summed E-state index contributed by atoms with van der Waals surface area (Å²) in [5, 5.41) is 14.5. The van der Waals surface area contributed by atoms with Crippen LogP contribution in [0.5, 0.6) is 0 Å². The Labute approximate surface area is 200 Å². The summed E-state index contributed by atoms with van der Waals surface area (Å²) in [7, 11) is 0. The summed E-state index contributed by atoms with van der Waals surface area (Å²) in [4.78, 5) is 36.1. The van der Waals surface area contributed by atoms with E-state index < -0.39 is 23.9 Å². The average Bonchev–Trinajstić information content (AvgIpc) is 3.13. The maximum Gasteiger partial charge on any atom is 0.407 e. The highest BCUT2D eigenvalue weighted by Gasteiger charge is 2.29. The maximum absolute atomic E-state index is 12.6. The molecule has 0 heterocycles. The van der Waals surface area contributed by atoms with Gasteiger partial charge < -0.3 is 20.5 Å². The number of alkyl carbamates (subject to hydrolysis) is 1. The first-order valence-electron chi connectivity index (χ1n) is 11.9. The molecule has 2 atom stereocenters. The first-order valence-corrected chi connectivity index (χ1v) is 11.9. The molecule has 182 valence electrons.